The first-order chi connectivity index (χ1) is 16.6. The lowest BCUT2D eigenvalue weighted by molar-refractivity contribution is 0.147. The summed E-state index contributed by atoms with van der Waals surface area (Å²) in [6, 6.07) is 22.7. The third kappa shape index (κ3) is 6.55. The summed E-state index contributed by atoms with van der Waals surface area (Å²) in [6.07, 6.45) is -1.72. The number of ether oxygens (including phenoxy) is 2. The van der Waals surface area contributed by atoms with Crippen molar-refractivity contribution in [2.75, 3.05) is 12.4 Å². The van der Waals surface area contributed by atoms with Gasteiger partial charge in [-0.15, -0.1) is 11.8 Å². The van der Waals surface area contributed by atoms with Crippen molar-refractivity contribution < 1.29 is 19.1 Å². The minimum absolute atomic E-state index is 0.159. The predicted octanol–water partition coefficient (Wildman–Crippen LogP) is 6.18. The number of hydrogen-bond acceptors (Lipinski definition) is 7. The second kappa shape index (κ2) is 11.6. The number of nitrogens with zero attached hydrogens (tertiary/aromatic N) is 1. The Morgan fingerprint density at radius 2 is 1.74 bits per heavy atom. The third-order valence-corrected chi connectivity index (χ3v) is 6.91. The summed E-state index contributed by atoms with van der Waals surface area (Å²) in [5.41, 5.74) is 4.40. The van der Waals surface area contributed by atoms with Gasteiger partial charge in [-0.25, -0.2) is 19.9 Å². The van der Waals surface area contributed by atoms with Gasteiger partial charge in [0.15, 0.2) is 5.16 Å². The van der Waals surface area contributed by atoms with Crippen molar-refractivity contribution in [3.63, 3.8) is 0 Å². The predicted molar refractivity (Wildman–Crippen MR) is 135 cm³/mol. The van der Waals surface area contributed by atoms with Gasteiger partial charge in [0.1, 0.15) is 12.4 Å². The number of alkyl carbamates (subject to hydrolysis) is 1. The molecule has 0 unspecified atom stereocenters. The number of aromatic nitrogens is 2. The average Bonchev–Trinajstić information content (AvgIpc) is 3.25. The van der Waals surface area contributed by atoms with Crippen LogP contribution in [0.5, 0.6) is 5.75 Å². The molecule has 0 fully saturated rings. The number of amides is 2. The van der Waals surface area contributed by atoms with E-state index in [9.17, 15) is 9.59 Å². The summed E-state index contributed by atoms with van der Waals surface area (Å²) < 4.78 is 10.1. The van der Waals surface area contributed by atoms with Gasteiger partial charge in [0, 0.05) is 16.4 Å². The van der Waals surface area contributed by atoms with E-state index < -0.39 is 12.2 Å². The number of fused-ring (bicyclic) bond motifs is 1. The third-order valence-electron chi connectivity index (χ3n) is 4.86. The highest BCUT2D eigenvalue weighted by Crippen LogP contribution is 2.29. The summed E-state index contributed by atoms with van der Waals surface area (Å²) in [4.78, 5) is 32.6. The molecule has 34 heavy (non-hydrogen) atoms. The Balaban J connectivity index is 1.21. The molecule has 2 N–H and O–H groups in total. The van der Waals surface area contributed by atoms with Gasteiger partial charge >= 0.3 is 12.2 Å². The molecule has 0 aliphatic carbocycles. The highest BCUT2D eigenvalue weighted by molar-refractivity contribution is 7.99. The van der Waals surface area contributed by atoms with Crippen molar-refractivity contribution in [2.45, 2.75) is 22.7 Å². The minimum atomic E-state index is -0.880. The van der Waals surface area contributed by atoms with E-state index in [1.807, 2.05) is 41.7 Å². The zero-order valence-corrected chi connectivity index (χ0v) is 20.1. The lowest BCUT2D eigenvalue weighted by Crippen LogP contribution is -2.33. The molecule has 0 aliphatic heterocycles. The van der Waals surface area contributed by atoms with Crippen LogP contribution in [0, 0.1) is 6.92 Å². The largest absolute Gasteiger partial charge is 0.448 e. The highest BCUT2D eigenvalue weighted by atomic mass is 32.2. The number of carbonyl (C=O) groups excluding carboxylic acids is 2. The van der Waals surface area contributed by atoms with Gasteiger partial charge < -0.3 is 14.5 Å². The van der Waals surface area contributed by atoms with Crippen LogP contribution in [0.25, 0.3) is 11.0 Å². The first kappa shape index (κ1) is 23.7. The van der Waals surface area contributed by atoms with Gasteiger partial charge in [0.05, 0.1) is 11.0 Å². The Labute approximate surface area is 205 Å². The fraction of sp³-hybridized carbons (Fsp3) is 0.160. The minimum Gasteiger partial charge on any atom is -0.448 e. The van der Waals surface area contributed by atoms with Gasteiger partial charge in [0.25, 0.3) is 0 Å². The van der Waals surface area contributed by atoms with Crippen molar-refractivity contribution in [1.29, 1.82) is 0 Å². The van der Waals surface area contributed by atoms with E-state index >= 15 is 0 Å². The van der Waals surface area contributed by atoms with E-state index in [0.29, 0.717) is 11.5 Å². The van der Waals surface area contributed by atoms with Gasteiger partial charge in [-0.1, -0.05) is 54.2 Å². The lowest BCUT2D eigenvalue weighted by atomic mass is 10.1. The molecular weight excluding hydrogens is 470 g/mol. The normalized spacial score (nSPS) is 10.7. The number of imide groups is 1. The Bertz CT molecular complexity index is 1240. The number of thioether (sulfide) groups is 2. The van der Waals surface area contributed by atoms with Crippen LogP contribution in [-0.4, -0.2) is 34.5 Å². The molecule has 9 heteroatoms. The maximum atomic E-state index is 11.8. The zero-order chi connectivity index (χ0) is 23.8. The number of rotatable bonds is 8. The van der Waals surface area contributed by atoms with Crippen molar-refractivity contribution >= 4 is 46.7 Å². The first-order valence-electron chi connectivity index (χ1n) is 10.6. The van der Waals surface area contributed by atoms with Crippen molar-refractivity contribution in [2.24, 2.45) is 0 Å². The van der Waals surface area contributed by atoms with Gasteiger partial charge in [-0.3, -0.25) is 0 Å². The molecule has 3 aromatic carbocycles. The molecule has 1 heterocycles. The fourth-order valence-corrected chi connectivity index (χ4v) is 5.00. The molecule has 2 amide bonds. The van der Waals surface area contributed by atoms with Crippen LogP contribution >= 0.6 is 23.5 Å². The van der Waals surface area contributed by atoms with Crippen LogP contribution in [0.3, 0.4) is 0 Å². The summed E-state index contributed by atoms with van der Waals surface area (Å²) in [5, 5.41) is 2.94. The van der Waals surface area contributed by atoms with E-state index in [-0.39, 0.29) is 6.61 Å². The molecule has 0 bridgehead atoms. The number of carbonyl (C=O) groups is 2. The summed E-state index contributed by atoms with van der Waals surface area (Å²) in [5.74, 6) is 1.70. The number of nitrogens with one attached hydrogen (secondary N) is 2. The van der Waals surface area contributed by atoms with E-state index in [1.165, 1.54) is 11.1 Å². The SMILES string of the molecule is Cc1c(CSc2nc3ccccc3[nH]2)cccc1SCCOC(=O)NC(=O)Oc1ccccc1. The molecular formula is C25H23N3O4S2. The summed E-state index contributed by atoms with van der Waals surface area (Å²) >= 11 is 3.26. The maximum absolute atomic E-state index is 11.8. The second-order valence-corrected chi connectivity index (χ2v) is 9.30. The number of imidazole rings is 1. The lowest BCUT2D eigenvalue weighted by Gasteiger charge is -2.11. The fourth-order valence-electron chi connectivity index (χ4n) is 3.14. The van der Waals surface area contributed by atoms with Crippen molar-refractivity contribution in [3.8, 4) is 5.75 Å². The van der Waals surface area contributed by atoms with Crippen LogP contribution in [0.4, 0.5) is 9.59 Å². The highest BCUT2D eigenvalue weighted by Gasteiger charge is 2.12. The Kier molecular flexibility index (Phi) is 8.11. The quantitative estimate of drug-likeness (QED) is 0.224. The Morgan fingerprint density at radius 1 is 0.941 bits per heavy atom. The number of benzene rings is 3. The molecule has 1 aromatic heterocycles. The first-order valence-corrected chi connectivity index (χ1v) is 12.5. The molecule has 0 spiro atoms. The molecule has 4 aromatic rings. The standard InChI is InChI=1S/C25H23N3O4S2/c1-17-18(16-34-23-26-20-11-5-6-12-21(20)27-23)8-7-13-22(17)33-15-14-31-24(29)28-25(30)32-19-9-3-2-4-10-19/h2-13H,14-16H2,1H3,(H,26,27)(H,28,29,30). The van der Waals surface area contributed by atoms with E-state index in [4.69, 9.17) is 9.47 Å². The van der Waals surface area contributed by atoms with Crippen LogP contribution < -0.4 is 10.1 Å². The van der Waals surface area contributed by atoms with Crippen LogP contribution in [0.2, 0.25) is 0 Å². The van der Waals surface area contributed by atoms with Crippen molar-refractivity contribution in [3.05, 3.63) is 83.9 Å². The monoisotopic (exact) mass is 493 g/mol. The number of aromatic amines is 1. The molecule has 7 nitrogen and oxygen atoms in total. The molecule has 0 radical (unpaired) electrons. The number of H-pyrrole nitrogens is 1. The van der Waals surface area contributed by atoms with Crippen LogP contribution in [0.15, 0.2) is 82.8 Å². The van der Waals surface area contributed by atoms with Gasteiger partial charge in [-0.2, -0.15) is 0 Å². The summed E-state index contributed by atoms with van der Waals surface area (Å²) in [6.45, 7) is 2.25. The van der Waals surface area contributed by atoms with E-state index in [2.05, 4.69) is 23.0 Å². The van der Waals surface area contributed by atoms with Crippen molar-refractivity contribution in [1.82, 2.24) is 15.3 Å². The van der Waals surface area contributed by atoms with Crippen LogP contribution in [0.1, 0.15) is 11.1 Å². The Morgan fingerprint density at radius 3 is 2.56 bits per heavy atom. The van der Waals surface area contributed by atoms with E-state index in [1.54, 1.807) is 53.9 Å². The maximum Gasteiger partial charge on any atom is 0.422 e. The second-order valence-electron chi connectivity index (χ2n) is 7.20. The molecule has 0 aliphatic rings. The Hall–Kier alpha value is -3.43. The van der Waals surface area contributed by atoms with Crippen LogP contribution in [-0.2, 0) is 10.5 Å². The van der Waals surface area contributed by atoms with Gasteiger partial charge in [0.2, 0.25) is 0 Å². The van der Waals surface area contributed by atoms with Gasteiger partial charge in [-0.05, 0) is 48.4 Å². The molecule has 174 valence electrons. The molecule has 4 rings (SSSR count). The number of para-hydroxylation sites is 3. The number of hydrogen-bond donors (Lipinski definition) is 2. The average molecular weight is 494 g/mol. The molecule has 0 atom stereocenters. The molecule has 0 saturated heterocycles. The topological polar surface area (TPSA) is 93.3 Å². The smallest absolute Gasteiger partial charge is 0.422 e. The molecule has 0 saturated carbocycles. The zero-order valence-electron chi connectivity index (χ0n) is 18.4. The summed E-state index contributed by atoms with van der Waals surface area (Å²) in [7, 11) is 0. The van der Waals surface area contributed by atoms with E-state index in [0.717, 1.165) is 26.8 Å².